The molecule has 1 aliphatic heterocycles. The zero-order valence-electron chi connectivity index (χ0n) is 16.9. The summed E-state index contributed by atoms with van der Waals surface area (Å²) >= 11 is 0. The molecular weight excluding hydrogens is 342 g/mol. The van der Waals surface area contributed by atoms with Gasteiger partial charge in [0.2, 0.25) is 0 Å². The summed E-state index contributed by atoms with van der Waals surface area (Å²) in [5, 5.41) is 9.59. The number of hydrogen-bond donors (Lipinski definition) is 0. The highest BCUT2D eigenvalue weighted by Crippen LogP contribution is 2.20. The summed E-state index contributed by atoms with van der Waals surface area (Å²) in [7, 11) is 0. The van der Waals surface area contributed by atoms with Crippen LogP contribution in [0.15, 0.2) is 71.8 Å². The summed E-state index contributed by atoms with van der Waals surface area (Å²) in [5.74, 6) is 0.570. The lowest BCUT2D eigenvalue weighted by Gasteiger charge is -2.33. The highest BCUT2D eigenvalue weighted by atomic mass is 15.5. The molecule has 0 saturated carbocycles. The van der Waals surface area contributed by atoms with Crippen LogP contribution in [0, 0.1) is 0 Å². The average molecular weight is 372 g/mol. The monoisotopic (exact) mass is 371 g/mol. The van der Waals surface area contributed by atoms with Crippen molar-refractivity contribution in [2.45, 2.75) is 26.3 Å². The number of rotatable bonds is 5. The van der Waals surface area contributed by atoms with Gasteiger partial charge in [0.15, 0.2) is 0 Å². The van der Waals surface area contributed by atoms with Gasteiger partial charge < -0.3 is 0 Å². The maximum Gasteiger partial charge on any atom is 0.0542 e. The van der Waals surface area contributed by atoms with Crippen molar-refractivity contribution in [2.24, 2.45) is 5.10 Å². The van der Waals surface area contributed by atoms with Crippen LogP contribution >= 0.6 is 0 Å². The maximum absolute atomic E-state index is 4.70. The molecule has 144 valence electrons. The molecule has 0 bridgehead atoms. The summed E-state index contributed by atoms with van der Waals surface area (Å²) in [6, 6.07) is 24.0. The highest BCUT2D eigenvalue weighted by Gasteiger charge is 2.16. The first-order valence-corrected chi connectivity index (χ1v) is 10.3. The fourth-order valence-corrected chi connectivity index (χ4v) is 3.80. The Balaban J connectivity index is 1.33. The van der Waals surface area contributed by atoms with E-state index >= 15 is 0 Å². The number of fused-ring (bicyclic) bond motifs is 1. The Morgan fingerprint density at radius 2 is 1.57 bits per heavy atom. The first kappa shape index (κ1) is 18.7. The predicted octanol–water partition coefficient (Wildman–Crippen LogP) is 5.11. The zero-order chi connectivity index (χ0) is 19.3. The third kappa shape index (κ3) is 4.42. The SMILES string of the molecule is CC(C)c1ccc(C=NN2CCN(Cc3cccc4ccccc34)CC2)cc1. The van der Waals surface area contributed by atoms with E-state index in [4.69, 9.17) is 5.10 Å². The lowest BCUT2D eigenvalue weighted by atomic mass is 10.0. The molecule has 28 heavy (non-hydrogen) atoms. The van der Waals surface area contributed by atoms with E-state index in [9.17, 15) is 0 Å². The van der Waals surface area contributed by atoms with Crippen molar-refractivity contribution in [1.82, 2.24) is 9.91 Å². The van der Waals surface area contributed by atoms with Crippen LogP contribution < -0.4 is 0 Å². The van der Waals surface area contributed by atoms with E-state index in [0.29, 0.717) is 5.92 Å². The Morgan fingerprint density at radius 1 is 0.857 bits per heavy atom. The lowest BCUT2D eigenvalue weighted by Crippen LogP contribution is -2.43. The molecule has 0 N–H and O–H groups in total. The molecule has 1 heterocycles. The number of benzene rings is 3. The summed E-state index contributed by atoms with van der Waals surface area (Å²) in [6.07, 6.45) is 1.99. The second-order valence-corrected chi connectivity index (χ2v) is 7.93. The Hall–Kier alpha value is -2.65. The van der Waals surface area contributed by atoms with Crippen molar-refractivity contribution in [1.29, 1.82) is 0 Å². The molecule has 4 rings (SSSR count). The van der Waals surface area contributed by atoms with Crippen LogP contribution in [0.3, 0.4) is 0 Å². The van der Waals surface area contributed by atoms with Gasteiger partial charge in [0.25, 0.3) is 0 Å². The minimum atomic E-state index is 0.570. The van der Waals surface area contributed by atoms with E-state index in [0.717, 1.165) is 32.7 Å². The Bertz CT molecular complexity index is 930. The second kappa shape index (κ2) is 8.57. The largest absolute Gasteiger partial charge is 0.295 e. The van der Waals surface area contributed by atoms with Gasteiger partial charge >= 0.3 is 0 Å². The van der Waals surface area contributed by atoms with E-state index in [2.05, 4.69) is 90.5 Å². The molecule has 0 atom stereocenters. The first-order chi connectivity index (χ1) is 13.7. The third-order valence-electron chi connectivity index (χ3n) is 5.60. The molecule has 3 heteroatoms. The molecule has 0 amide bonds. The summed E-state index contributed by atoms with van der Waals surface area (Å²) in [5.41, 5.74) is 3.96. The summed E-state index contributed by atoms with van der Waals surface area (Å²) in [6.45, 7) is 9.51. The normalized spacial score (nSPS) is 15.8. The van der Waals surface area contributed by atoms with Gasteiger partial charge in [-0.1, -0.05) is 80.6 Å². The predicted molar refractivity (Wildman–Crippen MR) is 119 cm³/mol. The van der Waals surface area contributed by atoms with Crippen molar-refractivity contribution in [3.63, 3.8) is 0 Å². The second-order valence-electron chi connectivity index (χ2n) is 7.93. The molecule has 3 aromatic rings. The molecule has 0 radical (unpaired) electrons. The molecule has 3 nitrogen and oxygen atoms in total. The average Bonchev–Trinajstić information content (AvgIpc) is 2.74. The van der Waals surface area contributed by atoms with Crippen LogP contribution in [0.5, 0.6) is 0 Å². The van der Waals surface area contributed by atoms with Gasteiger partial charge in [-0.05, 0) is 33.4 Å². The van der Waals surface area contributed by atoms with Gasteiger partial charge in [0.1, 0.15) is 0 Å². The quantitative estimate of drug-likeness (QED) is 0.580. The third-order valence-corrected chi connectivity index (χ3v) is 5.60. The van der Waals surface area contributed by atoms with Gasteiger partial charge in [-0.25, -0.2) is 0 Å². The van der Waals surface area contributed by atoms with Crippen molar-refractivity contribution >= 4 is 17.0 Å². The van der Waals surface area contributed by atoms with E-state index in [1.165, 1.54) is 27.5 Å². The van der Waals surface area contributed by atoms with Gasteiger partial charge in [-0.15, -0.1) is 0 Å². The molecule has 0 spiro atoms. The number of hydrazone groups is 1. The molecule has 0 aliphatic carbocycles. The minimum Gasteiger partial charge on any atom is -0.295 e. The lowest BCUT2D eigenvalue weighted by molar-refractivity contribution is 0.131. The molecule has 1 aliphatic rings. The topological polar surface area (TPSA) is 18.8 Å². The van der Waals surface area contributed by atoms with Crippen molar-refractivity contribution in [2.75, 3.05) is 26.2 Å². The fraction of sp³-hybridized carbons (Fsp3) is 0.320. The van der Waals surface area contributed by atoms with Crippen LogP contribution in [0.2, 0.25) is 0 Å². The standard InChI is InChI=1S/C25H29N3/c1-20(2)22-12-10-21(11-13-22)18-26-28-16-14-27(15-17-28)19-24-8-5-7-23-6-3-4-9-25(23)24/h3-13,18,20H,14-17,19H2,1-2H3. The number of piperazine rings is 1. The van der Waals surface area contributed by atoms with E-state index in [-0.39, 0.29) is 0 Å². The Kier molecular flexibility index (Phi) is 5.73. The minimum absolute atomic E-state index is 0.570. The first-order valence-electron chi connectivity index (χ1n) is 10.3. The summed E-state index contributed by atoms with van der Waals surface area (Å²) in [4.78, 5) is 2.53. The fourth-order valence-electron chi connectivity index (χ4n) is 3.80. The molecule has 3 aromatic carbocycles. The number of hydrogen-bond acceptors (Lipinski definition) is 3. The van der Waals surface area contributed by atoms with Gasteiger partial charge in [-0.3, -0.25) is 9.91 Å². The van der Waals surface area contributed by atoms with Crippen LogP contribution in [0.4, 0.5) is 0 Å². The van der Waals surface area contributed by atoms with Crippen LogP contribution in [-0.2, 0) is 6.54 Å². The van der Waals surface area contributed by atoms with Crippen molar-refractivity contribution in [3.05, 3.63) is 83.4 Å². The van der Waals surface area contributed by atoms with Crippen LogP contribution in [0.1, 0.15) is 36.5 Å². The van der Waals surface area contributed by atoms with Gasteiger partial charge in [-0.2, -0.15) is 5.10 Å². The molecule has 1 saturated heterocycles. The number of nitrogens with zero attached hydrogens (tertiary/aromatic N) is 3. The Morgan fingerprint density at radius 3 is 2.32 bits per heavy atom. The van der Waals surface area contributed by atoms with Crippen LogP contribution in [0.25, 0.3) is 10.8 Å². The summed E-state index contributed by atoms with van der Waals surface area (Å²) < 4.78 is 0. The zero-order valence-corrected chi connectivity index (χ0v) is 16.9. The van der Waals surface area contributed by atoms with E-state index < -0.39 is 0 Å². The molecule has 0 aromatic heterocycles. The van der Waals surface area contributed by atoms with Crippen LogP contribution in [-0.4, -0.2) is 42.3 Å². The Labute approximate surface area is 168 Å². The smallest absolute Gasteiger partial charge is 0.0542 e. The molecule has 1 fully saturated rings. The maximum atomic E-state index is 4.70. The van der Waals surface area contributed by atoms with Crippen molar-refractivity contribution in [3.8, 4) is 0 Å². The van der Waals surface area contributed by atoms with E-state index in [1.807, 2.05) is 6.21 Å². The van der Waals surface area contributed by atoms with Gasteiger partial charge in [0, 0.05) is 32.7 Å². The highest BCUT2D eigenvalue weighted by molar-refractivity contribution is 5.85. The van der Waals surface area contributed by atoms with Gasteiger partial charge in [0.05, 0.1) is 6.21 Å². The van der Waals surface area contributed by atoms with E-state index in [1.54, 1.807) is 0 Å². The van der Waals surface area contributed by atoms with Crippen molar-refractivity contribution < 1.29 is 0 Å². The molecular formula is C25H29N3. The molecule has 0 unspecified atom stereocenters.